The number of nitrogens with zero attached hydrogens (tertiary/aromatic N) is 3. The number of fused-ring (bicyclic) bond motifs is 1. The first-order valence-electron chi connectivity index (χ1n) is 7.80. The molecular weight excluding hydrogens is 346 g/mol. The number of hydrogen-bond acceptors (Lipinski definition) is 4. The Morgan fingerprint density at radius 2 is 2.17 bits per heavy atom. The molecule has 4 rings (SSSR count). The Morgan fingerprint density at radius 1 is 1.38 bits per heavy atom. The van der Waals surface area contributed by atoms with Crippen LogP contribution in [-0.2, 0) is 11.3 Å². The van der Waals surface area contributed by atoms with Crippen molar-refractivity contribution < 1.29 is 9.90 Å². The summed E-state index contributed by atoms with van der Waals surface area (Å²) < 4.78 is 2.06. The van der Waals surface area contributed by atoms with E-state index in [4.69, 9.17) is 16.6 Å². The Hall–Kier alpha value is -1.89. The van der Waals surface area contributed by atoms with Crippen molar-refractivity contribution in [3.05, 3.63) is 46.6 Å². The van der Waals surface area contributed by atoms with Crippen LogP contribution in [0.1, 0.15) is 18.5 Å². The molecule has 1 fully saturated rings. The van der Waals surface area contributed by atoms with Crippen molar-refractivity contribution in [1.29, 1.82) is 0 Å². The van der Waals surface area contributed by atoms with Crippen molar-refractivity contribution in [2.24, 2.45) is 0 Å². The molecule has 1 aromatic carbocycles. The molecular formula is C17H16ClN3O2S. The second kappa shape index (κ2) is 6.20. The van der Waals surface area contributed by atoms with Gasteiger partial charge >= 0.3 is 5.97 Å². The molecule has 0 saturated carbocycles. The summed E-state index contributed by atoms with van der Waals surface area (Å²) in [5, 5.41) is 12.1. The summed E-state index contributed by atoms with van der Waals surface area (Å²) in [6.45, 7) is 1.38. The predicted molar refractivity (Wildman–Crippen MR) is 94.6 cm³/mol. The van der Waals surface area contributed by atoms with Gasteiger partial charge in [-0.1, -0.05) is 23.7 Å². The maximum absolute atomic E-state index is 11.5. The molecule has 5 nitrogen and oxygen atoms in total. The fourth-order valence-electron chi connectivity index (χ4n) is 3.31. The number of aromatic nitrogens is 2. The zero-order valence-electron chi connectivity index (χ0n) is 12.9. The molecule has 3 aromatic rings. The third-order valence-electron chi connectivity index (χ3n) is 4.48. The van der Waals surface area contributed by atoms with Crippen molar-refractivity contribution in [3.63, 3.8) is 0 Å². The minimum absolute atomic E-state index is 0.410. The number of likely N-dealkylation sites (tertiary alicyclic amines) is 1. The maximum Gasteiger partial charge on any atom is 0.320 e. The summed E-state index contributed by atoms with van der Waals surface area (Å²) in [4.78, 5) is 19.2. The second-order valence-corrected chi connectivity index (χ2v) is 7.25. The summed E-state index contributed by atoms with van der Waals surface area (Å²) in [5.41, 5.74) is 2.92. The summed E-state index contributed by atoms with van der Waals surface area (Å²) >= 11 is 7.57. The Labute approximate surface area is 148 Å². The molecule has 24 heavy (non-hydrogen) atoms. The highest BCUT2D eigenvalue weighted by Crippen LogP contribution is 2.30. The van der Waals surface area contributed by atoms with Crippen LogP contribution < -0.4 is 0 Å². The van der Waals surface area contributed by atoms with Gasteiger partial charge in [-0.3, -0.25) is 14.1 Å². The van der Waals surface area contributed by atoms with E-state index in [1.165, 1.54) is 0 Å². The highest BCUT2D eigenvalue weighted by Gasteiger charge is 2.32. The average Bonchev–Trinajstić information content (AvgIpc) is 3.25. The standard InChI is InChI=1S/C17H16ClN3O2S/c18-12-5-3-11(4-6-12)15-14(21-8-9-24-17(21)19-15)10-20-7-1-2-13(20)16(22)23/h3-6,8-9,13H,1-2,7,10H2,(H,22,23)/t13-/m0/s1. The monoisotopic (exact) mass is 361 g/mol. The first kappa shape index (κ1) is 15.6. The van der Waals surface area contributed by atoms with Crippen LogP contribution in [-0.4, -0.2) is 37.9 Å². The van der Waals surface area contributed by atoms with Gasteiger partial charge in [0.15, 0.2) is 4.96 Å². The lowest BCUT2D eigenvalue weighted by Gasteiger charge is -2.21. The SMILES string of the molecule is O=C(O)[C@@H]1CCCN1Cc1c(-c2ccc(Cl)cc2)nc2sccn12. The van der Waals surface area contributed by atoms with Crippen molar-refractivity contribution in [1.82, 2.24) is 14.3 Å². The van der Waals surface area contributed by atoms with Crippen LogP contribution in [0.15, 0.2) is 35.8 Å². The number of halogens is 1. The van der Waals surface area contributed by atoms with Crippen LogP contribution in [0.4, 0.5) is 0 Å². The minimum Gasteiger partial charge on any atom is -0.480 e. The highest BCUT2D eigenvalue weighted by atomic mass is 35.5. The molecule has 0 aliphatic carbocycles. The smallest absolute Gasteiger partial charge is 0.320 e. The van der Waals surface area contributed by atoms with Crippen LogP contribution in [0.5, 0.6) is 0 Å². The largest absolute Gasteiger partial charge is 0.480 e. The number of rotatable bonds is 4. The fraction of sp³-hybridized carbons (Fsp3) is 0.294. The van der Waals surface area contributed by atoms with Gasteiger partial charge in [0.1, 0.15) is 6.04 Å². The topological polar surface area (TPSA) is 57.8 Å². The molecule has 3 heterocycles. The van der Waals surface area contributed by atoms with E-state index in [1.54, 1.807) is 11.3 Å². The summed E-state index contributed by atoms with van der Waals surface area (Å²) in [6.07, 6.45) is 3.61. The van der Waals surface area contributed by atoms with E-state index in [0.717, 1.165) is 34.9 Å². The fourth-order valence-corrected chi connectivity index (χ4v) is 4.17. The lowest BCUT2D eigenvalue weighted by atomic mass is 10.1. The van der Waals surface area contributed by atoms with E-state index < -0.39 is 12.0 Å². The predicted octanol–water partition coefficient (Wildman–Crippen LogP) is 3.77. The Morgan fingerprint density at radius 3 is 2.92 bits per heavy atom. The van der Waals surface area contributed by atoms with E-state index in [2.05, 4.69) is 4.40 Å². The minimum atomic E-state index is -0.744. The van der Waals surface area contributed by atoms with E-state index in [0.29, 0.717) is 18.0 Å². The number of carboxylic acids is 1. The molecule has 0 unspecified atom stereocenters. The molecule has 0 radical (unpaired) electrons. The van der Waals surface area contributed by atoms with E-state index in [-0.39, 0.29) is 0 Å². The van der Waals surface area contributed by atoms with E-state index in [1.807, 2.05) is 40.7 Å². The summed E-state index contributed by atoms with van der Waals surface area (Å²) in [5.74, 6) is -0.744. The van der Waals surface area contributed by atoms with E-state index in [9.17, 15) is 9.90 Å². The Balaban J connectivity index is 1.76. The zero-order chi connectivity index (χ0) is 16.7. The number of carbonyl (C=O) groups is 1. The van der Waals surface area contributed by atoms with E-state index >= 15 is 0 Å². The second-order valence-electron chi connectivity index (χ2n) is 5.94. The summed E-state index contributed by atoms with van der Waals surface area (Å²) in [7, 11) is 0. The third-order valence-corrected chi connectivity index (χ3v) is 5.49. The molecule has 7 heteroatoms. The number of thiazole rings is 1. The van der Waals surface area contributed by atoms with Crippen molar-refractivity contribution >= 4 is 33.9 Å². The number of aliphatic carboxylic acids is 1. The van der Waals surface area contributed by atoms with Gasteiger partial charge in [-0.25, -0.2) is 4.98 Å². The van der Waals surface area contributed by atoms with Gasteiger partial charge in [-0.05, 0) is 31.5 Å². The molecule has 1 atom stereocenters. The lowest BCUT2D eigenvalue weighted by molar-refractivity contribution is -0.142. The molecule has 1 aliphatic rings. The van der Waals surface area contributed by atoms with Crippen LogP contribution in [0.3, 0.4) is 0 Å². The molecule has 1 saturated heterocycles. The first-order valence-corrected chi connectivity index (χ1v) is 9.06. The molecule has 124 valence electrons. The Kier molecular flexibility index (Phi) is 4.04. The number of hydrogen-bond donors (Lipinski definition) is 1. The van der Waals surface area contributed by atoms with Gasteiger partial charge in [0.25, 0.3) is 0 Å². The van der Waals surface area contributed by atoms with Crippen molar-refractivity contribution in [3.8, 4) is 11.3 Å². The maximum atomic E-state index is 11.5. The van der Waals surface area contributed by atoms with Crippen LogP contribution in [0.25, 0.3) is 16.2 Å². The number of imidazole rings is 1. The van der Waals surface area contributed by atoms with Gasteiger partial charge in [0.2, 0.25) is 0 Å². The van der Waals surface area contributed by atoms with Crippen molar-refractivity contribution in [2.45, 2.75) is 25.4 Å². The van der Waals surface area contributed by atoms with Gasteiger partial charge in [0.05, 0.1) is 11.4 Å². The van der Waals surface area contributed by atoms with Crippen LogP contribution >= 0.6 is 22.9 Å². The number of benzene rings is 1. The molecule has 0 spiro atoms. The lowest BCUT2D eigenvalue weighted by Crippen LogP contribution is -2.35. The van der Waals surface area contributed by atoms with Crippen molar-refractivity contribution in [2.75, 3.05) is 6.54 Å². The third kappa shape index (κ3) is 2.70. The quantitative estimate of drug-likeness (QED) is 0.768. The average molecular weight is 362 g/mol. The van der Waals surface area contributed by atoms with Gasteiger partial charge in [-0.15, -0.1) is 11.3 Å². The summed E-state index contributed by atoms with van der Waals surface area (Å²) in [6, 6.07) is 7.20. The zero-order valence-corrected chi connectivity index (χ0v) is 14.4. The van der Waals surface area contributed by atoms with Crippen LogP contribution in [0.2, 0.25) is 5.02 Å². The molecule has 1 N–H and O–H groups in total. The molecule has 0 amide bonds. The highest BCUT2D eigenvalue weighted by molar-refractivity contribution is 7.15. The molecule has 2 aromatic heterocycles. The number of carboxylic acid groups (broad SMARTS) is 1. The molecule has 0 bridgehead atoms. The van der Waals surface area contributed by atoms with Gasteiger partial charge in [0, 0.05) is 28.7 Å². The Bertz CT molecular complexity index is 887. The van der Waals surface area contributed by atoms with Gasteiger partial charge < -0.3 is 5.11 Å². The first-order chi connectivity index (χ1) is 11.6. The van der Waals surface area contributed by atoms with Gasteiger partial charge in [-0.2, -0.15) is 0 Å². The molecule has 1 aliphatic heterocycles. The van der Waals surface area contributed by atoms with Crippen LogP contribution in [0, 0.1) is 0 Å². The normalized spacial score (nSPS) is 18.5.